The number of fused-ring (bicyclic) bond motifs is 2. The van der Waals surface area contributed by atoms with E-state index in [9.17, 15) is 9.59 Å². The summed E-state index contributed by atoms with van der Waals surface area (Å²) >= 11 is 6.08. The number of esters is 1. The molecule has 3 aromatic carbocycles. The Bertz CT molecular complexity index is 1520. The van der Waals surface area contributed by atoms with Crippen LogP contribution in [0.2, 0.25) is 5.02 Å². The van der Waals surface area contributed by atoms with Crippen LogP contribution in [0.5, 0.6) is 0 Å². The molecule has 0 fully saturated rings. The maximum Gasteiger partial charge on any atom is 0.337 e. The molecule has 152 valence electrons. The van der Waals surface area contributed by atoms with Crippen LogP contribution in [-0.2, 0) is 4.74 Å². The van der Waals surface area contributed by atoms with Gasteiger partial charge in [0.2, 0.25) is 0 Å². The third kappa shape index (κ3) is 3.27. The van der Waals surface area contributed by atoms with Crippen LogP contribution in [0.3, 0.4) is 0 Å². The number of imidazole rings is 1. The van der Waals surface area contributed by atoms with E-state index in [2.05, 4.69) is 4.98 Å². The van der Waals surface area contributed by atoms with E-state index in [1.165, 1.54) is 7.11 Å². The molecule has 0 aliphatic carbocycles. The van der Waals surface area contributed by atoms with Crippen molar-refractivity contribution in [2.45, 2.75) is 0 Å². The van der Waals surface area contributed by atoms with Gasteiger partial charge in [-0.1, -0.05) is 29.8 Å². The third-order valence-corrected chi connectivity index (χ3v) is 5.41. The van der Waals surface area contributed by atoms with Crippen LogP contribution in [0, 0.1) is 0 Å². The van der Waals surface area contributed by atoms with Gasteiger partial charge in [0.15, 0.2) is 5.82 Å². The molecule has 31 heavy (non-hydrogen) atoms. The summed E-state index contributed by atoms with van der Waals surface area (Å²) in [4.78, 5) is 32.6. The molecular weight excluding hydrogens is 414 g/mol. The first-order chi connectivity index (χ1) is 15.0. The number of hydrogen-bond acceptors (Lipinski definition) is 4. The number of H-pyrrole nitrogens is 1. The molecule has 0 aliphatic heterocycles. The SMILES string of the molecule is COC(=O)c1ccc2c(c1)nc(-c1cc3ccccc3[nH]c1=O)n2-c1ccc(Cl)cc1. The van der Waals surface area contributed by atoms with Crippen LogP contribution in [0.15, 0.2) is 77.6 Å². The highest BCUT2D eigenvalue weighted by Gasteiger charge is 2.19. The summed E-state index contributed by atoms with van der Waals surface area (Å²) in [7, 11) is 1.33. The number of aromatic amines is 1. The second-order valence-corrected chi connectivity index (χ2v) is 7.48. The van der Waals surface area contributed by atoms with Crippen LogP contribution in [0.4, 0.5) is 0 Å². The Morgan fingerprint density at radius 2 is 1.81 bits per heavy atom. The van der Waals surface area contributed by atoms with E-state index < -0.39 is 5.97 Å². The predicted octanol–water partition coefficient (Wildman–Crippen LogP) is 4.97. The standard InChI is InChI=1S/C24H16ClN3O3/c1-31-24(30)15-6-11-21-20(13-15)26-22(28(21)17-9-7-16(25)8-10-17)18-12-14-4-2-3-5-19(14)27-23(18)29/h2-13H,1H3,(H,27,29). The molecule has 2 aromatic heterocycles. The molecule has 0 unspecified atom stereocenters. The quantitative estimate of drug-likeness (QED) is 0.410. The number of benzene rings is 3. The van der Waals surface area contributed by atoms with Crippen molar-refractivity contribution in [2.24, 2.45) is 0 Å². The van der Waals surface area contributed by atoms with Crippen molar-refractivity contribution in [2.75, 3.05) is 7.11 Å². The average Bonchev–Trinajstić information content (AvgIpc) is 3.17. The first kappa shape index (κ1) is 19.1. The van der Waals surface area contributed by atoms with Crippen molar-refractivity contribution in [3.8, 4) is 17.1 Å². The second-order valence-electron chi connectivity index (χ2n) is 7.04. The molecular formula is C24H16ClN3O3. The van der Waals surface area contributed by atoms with Crippen LogP contribution in [0.1, 0.15) is 10.4 Å². The molecule has 0 atom stereocenters. The van der Waals surface area contributed by atoms with Gasteiger partial charge in [0.05, 0.1) is 29.3 Å². The maximum absolute atomic E-state index is 13.0. The molecule has 0 spiro atoms. The number of para-hydroxylation sites is 1. The van der Waals surface area contributed by atoms with Gasteiger partial charge in [-0.25, -0.2) is 9.78 Å². The predicted molar refractivity (Wildman–Crippen MR) is 121 cm³/mol. The molecule has 0 radical (unpaired) electrons. The monoisotopic (exact) mass is 429 g/mol. The van der Waals surface area contributed by atoms with E-state index >= 15 is 0 Å². The molecule has 7 heteroatoms. The molecule has 6 nitrogen and oxygen atoms in total. The van der Waals surface area contributed by atoms with E-state index in [1.54, 1.807) is 30.3 Å². The van der Waals surface area contributed by atoms with Crippen molar-refractivity contribution >= 4 is 39.5 Å². The Morgan fingerprint density at radius 3 is 2.58 bits per heavy atom. The zero-order chi connectivity index (χ0) is 21.5. The Labute approximate surface area is 181 Å². The first-order valence-electron chi connectivity index (χ1n) is 9.54. The highest BCUT2D eigenvalue weighted by Crippen LogP contribution is 2.29. The molecule has 1 N–H and O–H groups in total. The Morgan fingerprint density at radius 1 is 1.03 bits per heavy atom. The molecule has 0 bridgehead atoms. The number of halogens is 1. The van der Waals surface area contributed by atoms with Crippen LogP contribution in [-0.4, -0.2) is 27.6 Å². The Kier molecular flexibility index (Phi) is 4.56. The highest BCUT2D eigenvalue weighted by molar-refractivity contribution is 6.30. The summed E-state index contributed by atoms with van der Waals surface area (Å²) in [5, 5.41) is 1.49. The lowest BCUT2D eigenvalue weighted by Crippen LogP contribution is -2.11. The molecule has 0 saturated carbocycles. The Balaban J connectivity index is 1.83. The van der Waals surface area contributed by atoms with Crippen molar-refractivity contribution in [1.29, 1.82) is 0 Å². The van der Waals surface area contributed by atoms with Crippen LogP contribution >= 0.6 is 11.6 Å². The fourth-order valence-corrected chi connectivity index (χ4v) is 3.80. The topological polar surface area (TPSA) is 77.0 Å². The third-order valence-electron chi connectivity index (χ3n) is 5.15. The van der Waals surface area contributed by atoms with E-state index in [4.69, 9.17) is 21.3 Å². The van der Waals surface area contributed by atoms with Crippen molar-refractivity contribution < 1.29 is 9.53 Å². The lowest BCUT2D eigenvalue weighted by Gasteiger charge is -2.10. The molecule has 0 aliphatic rings. The van der Waals surface area contributed by atoms with Gasteiger partial charge in [0.25, 0.3) is 5.56 Å². The minimum atomic E-state index is -0.451. The smallest absolute Gasteiger partial charge is 0.337 e. The van der Waals surface area contributed by atoms with Gasteiger partial charge in [0, 0.05) is 16.2 Å². The summed E-state index contributed by atoms with van der Waals surface area (Å²) in [5.74, 6) is 0.0133. The van der Waals surface area contributed by atoms with E-state index in [0.717, 1.165) is 22.1 Å². The zero-order valence-corrected chi connectivity index (χ0v) is 17.2. The minimum absolute atomic E-state index is 0.252. The first-order valence-corrected chi connectivity index (χ1v) is 9.92. The van der Waals surface area contributed by atoms with Gasteiger partial charge in [0.1, 0.15) is 0 Å². The largest absolute Gasteiger partial charge is 0.465 e. The van der Waals surface area contributed by atoms with Gasteiger partial charge in [-0.3, -0.25) is 9.36 Å². The number of carbonyl (C=O) groups excluding carboxylic acids is 1. The van der Waals surface area contributed by atoms with E-state index in [1.807, 2.05) is 47.0 Å². The second kappa shape index (κ2) is 7.41. The summed E-state index contributed by atoms with van der Waals surface area (Å²) in [6.45, 7) is 0. The number of hydrogen-bond donors (Lipinski definition) is 1. The van der Waals surface area contributed by atoms with Gasteiger partial charge in [-0.15, -0.1) is 0 Å². The van der Waals surface area contributed by atoms with Crippen molar-refractivity contribution in [1.82, 2.24) is 14.5 Å². The number of rotatable bonds is 3. The van der Waals surface area contributed by atoms with Crippen molar-refractivity contribution in [3.63, 3.8) is 0 Å². The fourth-order valence-electron chi connectivity index (χ4n) is 3.67. The molecule has 0 saturated heterocycles. The van der Waals surface area contributed by atoms with Gasteiger partial charge in [-0.2, -0.15) is 0 Å². The normalized spacial score (nSPS) is 11.2. The number of pyridine rings is 1. The highest BCUT2D eigenvalue weighted by atomic mass is 35.5. The number of aromatic nitrogens is 3. The molecule has 5 rings (SSSR count). The van der Waals surface area contributed by atoms with Crippen LogP contribution in [0.25, 0.3) is 39.0 Å². The number of nitrogens with zero attached hydrogens (tertiary/aromatic N) is 2. The molecule has 2 heterocycles. The number of methoxy groups -OCH3 is 1. The zero-order valence-electron chi connectivity index (χ0n) is 16.4. The van der Waals surface area contributed by atoms with E-state index in [-0.39, 0.29) is 5.56 Å². The summed E-state index contributed by atoms with van der Waals surface area (Å²) in [6, 6.07) is 21.8. The summed E-state index contributed by atoms with van der Waals surface area (Å²) in [6.07, 6.45) is 0. The van der Waals surface area contributed by atoms with Gasteiger partial charge >= 0.3 is 5.97 Å². The van der Waals surface area contributed by atoms with Gasteiger partial charge in [-0.05, 0) is 60.0 Å². The Hall–Kier alpha value is -3.90. The lowest BCUT2D eigenvalue weighted by atomic mass is 10.1. The average molecular weight is 430 g/mol. The summed E-state index contributed by atoms with van der Waals surface area (Å²) < 4.78 is 6.71. The number of nitrogens with one attached hydrogen (secondary N) is 1. The van der Waals surface area contributed by atoms with Gasteiger partial charge < -0.3 is 9.72 Å². The lowest BCUT2D eigenvalue weighted by molar-refractivity contribution is 0.0601. The maximum atomic E-state index is 13.0. The number of carbonyl (C=O) groups is 1. The number of ether oxygens (including phenoxy) is 1. The van der Waals surface area contributed by atoms with Crippen LogP contribution < -0.4 is 5.56 Å². The van der Waals surface area contributed by atoms with E-state index in [0.29, 0.717) is 27.5 Å². The molecule has 5 aromatic rings. The van der Waals surface area contributed by atoms with Crippen molar-refractivity contribution in [3.05, 3.63) is 93.7 Å². The summed E-state index contributed by atoms with van der Waals surface area (Å²) in [5.41, 5.74) is 3.41. The molecule has 0 amide bonds. The fraction of sp³-hybridized carbons (Fsp3) is 0.0417. The minimum Gasteiger partial charge on any atom is -0.465 e.